The number of nitrogens with zero attached hydrogens (tertiary/aromatic N) is 2. The summed E-state index contributed by atoms with van der Waals surface area (Å²) in [5.74, 6) is 0.724. The SMILES string of the molecule is CCCc1ccc(-c2nc(-c3ccc4c(-c5ccccc5)c5ccccc5c(-c5ccccc5)c4c3)nc(-c3ccccc3)c2C)cc1. The zero-order chi connectivity index (χ0) is 32.5. The van der Waals surface area contributed by atoms with Crippen LogP contribution in [0.3, 0.4) is 0 Å². The maximum atomic E-state index is 5.32. The van der Waals surface area contributed by atoms with E-state index in [9.17, 15) is 0 Å². The first-order valence-electron chi connectivity index (χ1n) is 16.8. The van der Waals surface area contributed by atoms with Gasteiger partial charge in [-0.25, -0.2) is 9.97 Å². The minimum absolute atomic E-state index is 0.724. The number of benzene rings is 7. The second kappa shape index (κ2) is 12.7. The van der Waals surface area contributed by atoms with Crippen LogP contribution < -0.4 is 0 Å². The first-order valence-corrected chi connectivity index (χ1v) is 16.8. The Balaban J connectivity index is 1.42. The number of fused-ring (bicyclic) bond motifs is 2. The van der Waals surface area contributed by atoms with Crippen LogP contribution in [-0.2, 0) is 6.42 Å². The molecule has 7 aromatic carbocycles. The molecule has 0 saturated carbocycles. The lowest BCUT2D eigenvalue weighted by molar-refractivity contribution is 0.922. The molecule has 2 heteroatoms. The Morgan fingerprint density at radius 3 is 1.40 bits per heavy atom. The standard InChI is InChI=1S/C46H36N2/c1-3-15-32-24-26-36(27-25-32)45-31(2)44(35-20-11-6-12-21-35)47-46(48-45)37-28-29-40-41(30-37)43(34-18-9-5-10-19-34)39-23-14-13-22-38(39)42(40)33-16-7-4-8-17-33/h4-14,16-30H,3,15H2,1-2H3. The van der Waals surface area contributed by atoms with E-state index in [1.54, 1.807) is 0 Å². The van der Waals surface area contributed by atoms with E-state index in [4.69, 9.17) is 9.97 Å². The van der Waals surface area contributed by atoms with Crippen molar-refractivity contribution in [1.29, 1.82) is 0 Å². The minimum atomic E-state index is 0.724. The summed E-state index contributed by atoms with van der Waals surface area (Å²) < 4.78 is 0. The van der Waals surface area contributed by atoms with Crippen molar-refractivity contribution in [2.45, 2.75) is 26.7 Å². The van der Waals surface area contributed by atoms with Gasteiger partial charge in [-0.15, -0.1) is 0 Å². The summed E-state index contributed by atoms with van der Waals surface area (Å²) in [4.78, 5) is 10.6. The molecule has 0 unspecified atom stereocenters. The molecule has 0 radical (unpaired) electrons. The van der Waals surface area contributed by atoms with E-state index in [0.29, 0.717) is 0 Å². The van der Waals surface area contributed by atoms with Crippen molar-refractivity contribution in [2.24, 2.45) is 0 Å². The van der Waals surface area contributed by atoms with Gasteiger partial charge in [-0.2, -0.15) is 0 Å². The summed E-state index contributed by atoms with van der Waals surface area (Å²) in [5.41, 5.74) is 12.4. The molecule has 0 aliphatic heterocycles. The van der Waals surface area contributed by atoms with Gasteiger partial charge < -0.3 is 0 Å². The summed E-state index contributed by atoms with van der Waals surface area (Å²) in [6, 6.07) is 56.5. The zero-order valence-corrected chi connectivity index (χ0v) is 27.3. The van der Waals surface area contributed by atoms with E-state index in [1.165, 1.54) is 49.4 Å². The first kappa shape index (κ1) is 29.5. The van der Waals surface area contributed by atoms with Crippen molar-refractivity contribution in [2.75, 3.05) is 0 Å². The fourth-order valence-electron chi connectivity index (χ4n) is 7.07. The normalized spacial score (nSPS) is 11.3. The lowest BCUT2D eigenvalue weighted by atomic mass is 9.85. The van der Waals surface area contributed by atoms with Crippen LogP contribution in [0.15, 0.2) is 158 Å². The quantitative estimate of drug-likeness (QED) is 0.167. The van der Waals surface area contributed by atoms with Gasteiger partial charge in [0.15, 0.2) is 5.82 Å². The van der Waals surface area contributed by atoms with Crippen LogP contribution in [0.25, 0.3) is 77.7 Å². The summed E-state index contributed by atoms with van der Waals surface area (Å²) in [6.07, 6.45) is 2.20. The molecule has 0 aliphatic rings. The number of aromatic nitrogens is 2. The van der Waals surface area contributed by atoms with Crippen molar-refractivity contribution >= 4 is 21.5 Å². The molecule has 8 rings (SSSR count). The molecule has 0 spiro atoms. The average molecular weight is 617 g/mol. The van der Waals surface area contributed by atoms with E-state index >= 15 is 0 Å². The van der Waals surface area contributed by atoms with Crippen LogP contribution in [0.2, 0.25) is 0 Å². The van der Waals surface area contributed by atoms with E-state index in [-0.39, 0.29) is 0 Å². The van der Waals surface area contributed by atoms with Crippen LogP contribution in [-0.4, -0.2) is 9.97 Å². The van der Waals surface area contributed by atoms with Gasteiger partial charge in [0.1, 0.15) is 0 Å². The summed E-state index contributed by atoms with van der Waals surface area (Å²) in [7, 11) is 0. The van der Waals surface area contributed by atoms with Gasteiger partial charge in [0.2, 0.25) is 0 Å². The van der Waals surface area contributed by atoms with Gasteiger partial charge in [0, 0.05) is 22.3 Å². The van der Waals surface area contributed by atoms with Gasteiger partial charge in [0.25, 0.3) is 0 Å². The van der Waals surface area contributed by atoms with E-state index < -0.39 is 0 Å². The Morgan fingerprint density at radius 2 is 0.854 bits per heavy atom. The highest BCUT2D eigenvalue weighted by molar-refractivity contribution is 6.21. The number of aryl methyl sites for hydroxylation is 1. The molecule has 48 heavy (non-hydrogen) atoms. The Hall–Kier alpha value is -5.86. The van der Waals surface area contributed by atoms with E-state index in [2.05, 4.69) is 172 Å². The monoisotopic (exact) mass is 616 g/mol. The lowest BCUT2D eigenvalue weighted by Gasteiger charge is -2.19. The fraction of sp³-hybridized carbons (Fsp3) is 0.0870. The number of hydrogen-bond donors (Lipinski definition) is 0. The van der Waals surface area contributed by atoms with Gasteiger partial charge in [0.05, 0.1) is 11.4 Å². The third-order valence-electron chi connectivity index (χ3n) is 9.37. The van der Waals surface area contributed by atoms with Crippen LogP contribution in [0.1, 0.15) is 24.5 Å². The van der Waals surface area contributed by atoms with Crippen molar-refractivity contribution in [3.63, 3.8) is 0 Å². The molecular weight excluding hydrogens is 581 g/mol. The highest BCUT2D eigenvalue weighted by Gasteiger charge is 2.20. The molecule has 0 saturated heterocycles. The van der Waals surface area contributed by atoms with Gasteiger partial charge >= 0.3 is 0 Å². The fourth-order valence-corrected chi connectivity index (χ4v) is 7.07. The van der Waals surface area contributed by atoms with Crippen molar-refractivity contribution < 1.29 is 0 Å². The third-order valence-corrected chi connectivity index (χ3v) is 9.37. The molecule has 0 amide bonds. The molecule has 8 aromatic rings. The van der Waals surface area contributed by atoms with Gasteiger partial charge in [-0.3, -0.25) is 0 Å². The van der Waals surface area contributed by atoms with Crippen molar-refractivity contribution in [3.8, 4) is 56.2 Å². The largest absolute Gasteiger partial charge is 0.228 e. The molecule has 0 N–H and O–H groups in total. The summed E-state index contributed by atoms with van der Waals surface area (Å²) in [5, 5.41) is 4.88. The van der Waals surface area contributed by atoms with Crippen LogP contribution >= 0.6 is 0 Å². The molecule has 0 aliphatic carbocycles. The molecule has 0 bridgehead atoms. The zero-order valence-electron chi connectivity index (χ0n) is 27.3. The molecule has 1 heterocycles. The molecule has 2 nitrogen and oxygen atoms in total. The van der Waals surface area contributed by atoms with Gasteiger partial charge in [-0.1, -0.05) is 165 Å². The Labute approximate surface area is 282 Å². The predicted molar refractivity (Wildman–Crippen MR) is 203 cm³/mol. The first-order chi connectivity index (χ1) is 23.7. The Bertz CT molecular complexity index is 2380. The van der Waals surface area contributed by atoms with Crippen molar-refractivity contribution in [3.05, 3.63) is 169 Å². The van der Waals surface area contributed by atoms with Crippen molar-refractivity contribution in [1.82, 2.24) is 9.97 Å². The molecule has 230 valence electrons. The van der Waals surface area contributed by atoms with Crippen LogP contribution in [0.4, 0.5) is 0 Å². The lowest BCUT2D eigenvalue weighted by Crippen LogP contribution is -2.01. The molecule has 0 atom stereocenters. The topological polar surface area (TPSA) is 25.8 Å². The van der Waals surface area contributed by atoms with E-state index in [0.717, 1.165) is 52.3 Å². The minimum Gasteiger partial charge on any atom is -0.228 e. The number of rotatable bonds is 7. The third kappa shape index (κ3) is 5.36. The average Bonchev–Trinajstić information content (AvgIpc) is 3.15. The van der Waals surface area contributed by atoms with Crippen LogP contribution in [0.5, 0.6) is 0 Å². The Kier molecular flexibility index (Phi) is 7.84. The predicted octanol–water partition coefficient (Wildman–Crippen LogP) is 12.4. The maximum Gasteiger partial charge on any atom is 0.160 e. The molecular formula is C46H36N2. The highest BCUT2D eigenvalue weighted by atomic mass is 14.9. The molecule has 1 aromatic heterocycles. The van der Waals surface area contributed by atoms with Crippen LogP contribution in [0, 0.1) is 6.92 Å². The second-order valence-electron chi connectivity index (χ2n) is 12.5. The van der Waals surface area contributed by atoms with E-state index in [1.807, 2.05) is 0 Å². The second-order valence-corrected chi connectivity index (χ2v) is 12.5. The maximum absolute atomic E-state index is 5.32. The smallest absolute Gasteiger partial charge is 0.160 e. The van der Waals surface area contributed by atoms with Gasteiger partial charge in [-0.05, 0) is 68.8 Å². The molecule has 0 fully saturated rings. The highest BCUT2D eigenvalue weighted by Crippen LogP contribution is 2.45. The number of hydrogen-bond acceptors (Lipinski definition) is 2. The Morgan fingerprint density at radius 1 is 0.417 bits per heavy atom. The summed E-state index contributed by atoms with van der Waals surface area (Å²) >= 11 is 0. The summed E-state index contributed by atoms with van der Waals surface area (Å²) in [6.45, 7) is 4.37.